The molecule has 2 rings (SSSR count). The van der Waals surface area contributed by atoms with Gasteiger partial charge in [-0.05, 0) is 25.0 Å². The number of nitrogens with zero attached hydrogens (tertiary/aromatic N) is 2. The van der Waals surface area contributed by atoms with E-state index in [4.69, 9.17) is 0 Å². The third-order valence-corrected chi connectivity index (χ3v) is 3.43. The van der Waals surface area contributed by atoms with Crippen LogP contribution < -0.4 is 10.2 Å². The van der Waals surface area contributed by atoms with Gasteiger partial charge in [0.2, 0.25) is 5.91 Å². The van der Waals surface area contributed by atoms with Crippen molar-refractivity contribution in [3.05, 3.63) is 23.9 Å². The highest BCUT2D eigenvalue weighted by atomic mass is 19.4. The topological polar surface area (TPSA) is 45.2 Å². The molecule has 1 fully saturated rings. The Morgan fingerprint density at radius 1 is 1.50 bits per heavy atom. The number of carbonyl (C=O) groups excluding carboxylic acids is 1. The zero-order chi connectivity index (χ0) is 14.8. The number of hydrogen-bond acceptors (Lipinski definition) is 3. The molecule has 1 amide bonds. The molecule has 7 heteroatoms. The Bertz CT molecular complexity index is 490. The number of anilines is 1. The van der Waals surface area contributed by atoms with Crippen molar-refractivity contribution in [2.75, 3.05) is 25.0 Å². The van der Waals surface area contributed by atoms with Crippen molar-refractivity contribution < 1.29 is 18.0 Å². The predicted molar refractivity (Wildman–Crippen MR) is 68.2 cm³/mol. The second kappa shape index (κ2) is 5.68. The normalized spacial score (nSPS) is 19.8. The molecule has 1 aliphatic heterocycles. The average Bonchev–Trinajstić information content (AvgIpc) is 2.45. The van der Waals surface area contributed by atoms with Crippen LogP contribution in [0.25, 0.3) is 0 Å². The molecule has 0 saturated carbocycles. The molecular formula is C13H16F3N3O. The number of aromatic nitrogens is 1. The Kier molecular flexibility index (Phi) is 4.15. The first-order valence-electron chi connectivity index (χ1n) is 6.42. The molecule has 1 atom stereocenters. The molecule has 1 saturated heterocycles. The maximum Gasteiger partial charge on any atom is 0.419 e. The minimum atomic E-state index is -4.44. The molecule has 20 heavy (non-hydrogen) atoms. The molecule has 0 bridgehead atoms. The van der Waals surface area contributed by atoms with Gasteiger partial charge in [0, 0.05) is 26.3 Å². The molecule has 1 aliphatic rings. The number of rotatable bonds is 2. The zero-order valence-electron chi connectivity index (χ0n) is 11.1. The van der Waals surface area contributed by atoms with Gasteiger partial charge in [0.15, 0.2) is 0 Å². The molecular weight excluding hydrogens is 271 g/mol. The largest absolute Gasteiger partial charge is 0.419 e. The maximum absolute atomic E-state index is 13.0. The van der Waals surface area contributed by atoms with Crippen LogP contribution in [0.15, 0.2) is 18.3 Å². The summed E-state index contributed by atoms with van der Waals surface area (Å²) in [5, 5.41) is 2.54. The van der Waals surface area contributed by atoms with E-state index >= 15 is 0 Å². The summed E-state index contributed by atoms with van der Waals surface area (Å²) in [6, 6.07) is 2.29. The van der Waals surface area contributed by atoms with Gasteiger partial charge in [-0.3, -0.25) is 4.79 Å². The van der Waals surface area contributed by atoms with Crippen molar-refractivity contribution in [2.45, 2.75) is 19.0 Å². The molecule has 110 valence electrons. The van der Waals surface area contributed by atoms with Crippen molar-refractivity contribution in [3.8, 4) is 0 Å². The number of piperidine rings is 1. The van der Waals surface area contributed by atoms with Crippen molar-refractivity contribution in [1.29, 1.82) is 0 Å². The van der Waals surface area contributed by atoms with E-state index in [1.165, 1.54) is 19.3 Å². The number of nitrogens with one attached hydrogen (secondary N) is 1. The first-order valence-corrected chi connectivity index (χ1v) is 6.42. The second-order valence-electron chi connectivity index (χ2n) is 4.77. The third kappa shape index (κ3) is 3.02. The van der Waals surface area contributed by atoms with Crippen LogP contribution >= 0.6 is 0 Å². The van der Waals surface area contributed by atoms with Crippen molar-refractivity contribution in [2.24, 2.45) is 5.92 Å². The smallest absolute Gasteiger partial charge is 0.359 e. The van der Waals surface area contributed by atoms with E-state index in [0.29, 0.717) is 19.4 Å². The molecule has 1 unspecified atom stereocenters. The van der Waals surface area contributed by atoms with Gasteiger partial charge in [0.1, 0.15) is 5.82 Å². The first kappa shape index (κ1) is 14.6. The lowest BCUT2D eigenvalue weighted by atomic mass is 9.97. The van der Waals surface area contributed by atoms with Crippen molar-refractivity contribution in [1.82, 2.24) is 10.3 Å². The fraction of sp³-hybridized carbons (Fsp3) is 0.538. The Balaban J connectivity index is 2.26. The molecule has 0 radical (unpaired) electrons. The summed E-state index contributed by atoms with van der Waals surface area (Å²) in [4.78, 5) is 17.1. The lowest BCUT2D eigenvalue weighted by molar-refractivity contribution is -0.137. The molecule has 0 aliphatic carbocycles. The molecule has 1 aromatic heterocycles. The van der Waals surface area contributed by atoms with Crippen LogP contribution in [0.4, 0.5) is 19.0 Å². The van der Waals surface area contributed by atoms with Crippen LogP contribution in [-0.2, 0) is 11.0 Å². The Hall–Kier alpha value is -1.79. The van der Waals surface area contributed by atoms with Crippen molar-refractivity contribution in [3.63, 3.8) is 0 Å². The standard InChI is InChI=1S/C13H16F3N3O/c1-17-12(20)9-4-3-7-19(8-9)11-10(13(14,15)16)5-2-6-18-11/h2,5-6,9H,3-4,7-8H2,1H3,(H,17,20). The summed E-state index contributed by atoms with van der Waals surface area (Å²) in [6.45, 7) is 0.743. The SMILES string of the molecule is CNC(=O)C1CCCN(c2ncccc2C(F)(F)F)C1. The maximum atomic E-state index is 13.0. The van der Waals surface area contributed by atoms with E-state index in [9.17, 15) is 18.0 Å². The summed E-state index contributed by atoms with van der Waals surface area (Å²) in [7, 11) is 1.53. The van der Waals surface area contributed by atoms with Gasteiger partial charge >= 0.3 is 6.18 Å². The fourth-order valence-electron chi connectivity index (χ4n) is 2.46. The van der Waals surface area contributed by atoms with Crippen LogP contribution in [0.3, 0.4) is 0 Å². The summed E-state index contributed by atoms with van der Waals surface area (Å²) in [5.41, 5.74) is -0.752. The van der Waals surface area contributed by atoms with Gasteiger partial charge in [-0.2, -0.15) is 13.2 Å². The third-order valence-electron chi connectivity index (χ3n) is 3.43. The number of pyridine rings is 1. The molecule has 4 nitrogen and oxygen atoms in total. The average molecular weight is 287 g/mol. The van der Waals surface area contributed by atoms with Gasteiger partial charge in [0.05, 0.1) is 11.5 Å². The number of halogens is 3. The van der Waals surface area contributed by atoms with Gasteiger partial charge in [-0.1, -0.05) is 0 Å². The van der Waals surface area contributed by atoms with E-state index in [-0.39, 0.29) is 24.2 Å². The lowest BCUT2D eigenvalue weighted by Gasteiger charge is -2.33. The monoisotopic (exact) mass is 287 g/mol. The summed E-state index contributed by atoms with van der Waals surface area (Å²) < 4.78 is 38.9. The highest BCUT2D eigenvalue weighted by molar-refractivity contribution is 5.79. The molecule has 1 N–H and O–H groups in total. The van der Waals surface area contributed by atoms with E-state index in [1.54, 1.807) is 4.90 Å². The number of amides is 1. The van der Waals surface area contributed by atoms with Crippen LogP contribution in [0.2, 0.25) is 0 Å². The summed E-state index contributed by atoms with van der Waals surface area (Å²) in [6.07, 6.45) is -1.74. The first-order chi connectivity index (χ1) is 9.43. The zero-order valence-corrected chi connectivity index (χ0v) is 11.1. The summed E-state index contributed by atoms with van der Waals surface area (Å²) in [5.74, 6) is -0.523. The number of hydrogen-bond donors (Lipinski definition) is 1. The molecule has 0 aromatic carbocycles. The number of carbonyl (C=O) groups is 1. The minimum Gasteiger partial charge on any atom is -0.359 e. The molecule has 1 aromatic rings. The highest BCUT2D eigenvalue weighted by Crippen LogP contribution is 2.36. The fourth-order valence-corrected chi connectivity index (χ4v) is 2.46. The van der Waals surface area contributed by atoms with Crippen LogP contribution in [0.1, 0.15) is 18.4 Å². The Morgan fingerprint density at radius 2 is 2.25 bits per heavy atom. The van der Waals surface area contributed by atoms with E-state index in [0.717, 1.165) is 6.07 Å². The van der Waals surface area contributed by atoms with Crippen LogP contribution in [-0.4, -0.2) is 31.0 Å². The number of alkyl halides is 3. The minimum absolute atomic E-state index is 0.0893. The van der Waals surface area contributed by atoms with Gasteiger partial charge in [-0.25, -0.2) is 4.98 Å². The second-order valence-corrected chi connectivity index (χ2v) is 4.77. The van der Waals surface area contributed by atoms with Gasteiger partial charge < -0.3 is 10.2 Å². The van der Waals surface area contributed by atoms with Gasteiger partial charge in [0.25, 0.3) is 0 Å². The van der Waals surface area contributed by atoms with Gasteiger partial charge in [-0.15, -0.1) is 0 Å². The van der Waals surface area contributed by atoms with E-state index in [2.05, 4.69) is 10.3 Å². The quantitative estimate of drug-likeness (QED) is 0.905. The van der Waals surface area contributed by atoms with Crippen LogP contribution in [0, 0.1) is 5.92 Å². The van der Waals surface area contributed by atoms with Crippen molar-refractivity contribution >= 4 is 11.7 Å². The Morgan fingerprint density at radius 3 is 2.90 bits per heavy atom. The predicted octanol–water partition coefficient (Wildman–Crippen LogP) is 2.06. The molecule has 0 spiro atoms. The highest BCUT2D eigenvalue weighted by Gasteiger charge is 2.37. The van der Waals surface area contributed by atoms with Crippen LogP contribution in [0.5, 0.6) is 0 Å². The summed E-state index contributed by atoms with van der Waals surface area (Å²) >= 11 is 0. The lowest BCUT2D eigenvalue weighted by Crippen LogP contribution is -2.43. The molecule has 2 heterocycles. The Labute approximate surface area is 115 Å². The van der Waals surface area contributed by atoms with E-state index < -0.39 is 11.7 Å². The van der Waals surface area contributed by atoms with E-state index in [1.807, 2.05) is 0 Å².